The number of benzene rings is 1. The van der Waals surface area contributed by atoms with Crippen LogP contribution in [-0.2, 0) is 20.0 Å². The highest BCUT2D eigenvalue weighted by molar-refractivity contribution is 7.90. The maximum atomic E-state index is 11.4. The lowest BCUT2D eigenvalue weighted by atomic mass is 10.2. The highest BCUT2D eigenvalue weighted by atomic mass is 35.5. The minimum atomic E-state index is -4.25. The number of rotatable bonds is 3. The second-order valence-electron chi connectivity index (χ2n) is 3.32. The second-order valence-corrected chi connectivity index (χ2v) is 7.74. The first kappa shape index (κ1) is 16.7. The van der Waals surface area contributed by atoms with E-state index in [0.717, 1.165) is 18.2 Å². The van der Waals surface area contributed by atoms with Crippen LogP contribution in [-0.4, -0.2) is 16.8 Å². The summed E-state index contributed by atoms with van der Waals surface area (Å²) in [6.07, 6.45) is 0. The van der Waals surface area contributed by atoms with Gasteiger partial charge in [0.1, 0.15) is 4.49 Å². The average molecular weight is 366 g/mol. The summed E-state index contributed by atoms with van der Waals surface area (Å²) in [6.45, 7) is 0. The molecule has 1 aromatic rings. The minimum Gasteiger partial charge on any atom is -0.225 e. The van der Waals surface area contributed by atoms with Gasteiger partial charge in [-0.25, -0.2) is 27.1 Å². The molecule has 1 aromatic carbocycles. The Kier molecular flexibility index (Phi) is 4.89. The van der Waals surface area contributed by atoms with Crippen molar-refractivity contribution in [3.05, 3.63) is 28.3 Å². The Bertz CT molecular complexity index is 752. The van der Waals surface area contributed by atoms with Crippen molar-refractivity contribution in [1.82, 2.24) is 0 Å². The van der Waals surface area contributed by atoms with Crippen molar-refractivity contribution >= 4 is 59.9 Å². The molecule has 0 radical (unpaired) electrons. The van der Waals surface area contributed by atoms with Crippen LogP contribution in [0, 0.1) is 0 Å². The first-order chi connectivity index (χ1) is 8.44. The van der Waals surface area contributed by atoms with Crippen LogP contribution in [0.3, 0.4) is 0 Å². The molecule has 0 spiro atoms. The molecule has 0 heterocycles. The van der Waals surface area contributed by atoms with E-state index in [-0.39, 0.29) is 10.6 Å². The summed E-state index contributed by atoms with van der Waals surface area (Å²) in [5, 5.41) is 9.59. The molecular formula is C8H7Cl3N2O4S2. The van der Waals surface area contributed by atoms with Gasteiger partial charge in [0.25, 0.3) is 0 Å². The van der Waals surface area contributed by atoms with E-state index in [9.17, 15) is 16.8 Å². The Labute approximate surface area is 125 Å². The molecule has 0 saturated carbocycles. The van der Waals surface area contributed by atoms with Crippen LogP contribution in [0.5, 0.6) is 0 Å². The number of halogens is 3. The fourth-order valence-corrected chi connectivity index (χ4v) is 3.00. The van der Waals surface area contributed by atoms with Gasteiger partial charge < -0.3 is 0 Å². The van der Waals surface area contributed by atoms with Crippen LogP contribution < -0.4 is 10.3 Å². The Hall–Kier alpha value is -0.350. The predicted octanol–water partition coefficient (Wildman–Crippen LogP) is 1.32. The molecule has 0 saturated heterocycles. The van der Waals surface area contributed by atoms with Gasteiger partial charge in [0.2, 0.25) is 20.0 Å². The third kappa shape index (κ3) is 4.06. The van der Waals surface area contributed by atoms with E-state index in [1.165, 1.54) is 0 Å². The smallest absolute Gasteiger partial charge is 0.225 e. The van der Waals surface area contributed by atoms with Crippen molar-refractivity contribution in [3.8, 4) is 0 Å². The van der Waals surface area contributed by atoms with Crippen LogP contribution in [0.15, 0.2) is 32.5 Å². The molecule has 19 heavy (non-hydrogen) atoms. The third-order valence-corrected chi connectivity index (χ3v) is 4.82. The summed E-state index contributed by atoms with van der Waals surface area (Å²) >= 11 is 16.6. The van der Waals surface area contributed by atoms with E-state index in [1.807, 2.05) is 0 Å². The molecule has 0 aliphatic heterocycles. The van der Waals surface area contributed by atoms with Crippen molar-refractivity contribution < 1.29 is 16.8 Å². The molecule has 6 nitrogen and oxygen atoms in total. The van der Waals surface area contributed by atoms with Crippen molar-refractivity contribution in [1.29, 1.82) is 0 Å². The van der Waals surface area contributed by atoms with Gasteiger partial charge in [-0.15, -0.1) is 0 Å². The van der Waals surface area contributed by atoms with E-state index in [1.54, 1.807) is 0 Å². The molecule has 11 heteroatoms. The van der Waals surface area contributed by atoms with Gasteiger partial charge in [-0.05, 0) is 12.1 Å². The fourth-order valence-electron chi connectivity index (χ4n) is 1.20. The average Bonchev–Trinajstić information content (AvgIpc) is 2.24. The summed E-state index contributed by atoms with van der Waals surface area (Å²) in [4.78, 5) is -0.988. The van der Waals surface area contributed by atoms with Gasteiger partial charge in [-0.3, -0.25) is 0 Å². The molecule has 0 amide bonds. The third-order valence-electron chi connectivity index (χ3n) is 1.99. The number of nitrogens with two attached hydrogens (primary N) is 2. The zero-order valence-corrected chi connectivity index (χ0v) is 12.9. The van der Waals surface area contributed by atoms with Crippen LogP contribution in [0.2, 0.25) is 0 Å². The predicted molar refractivity (Wildman–Crippen MR) is 73.7 cm³/mol. The number of sulfonamides is 2. The minimum absolute atomic E-state index is 0.128. The van der Waals surface area contributed by atoms with Crippen LogP contribution in [0.25, 0.3) is 5.03 Å². The van der Waals surface area contributed by atoms with Gasteiger partial charge in [0.05, 0.1) is 14.8 Å². The lowest BCUT2D eigenvalue weighted by Crippen LogP contribution is -2.17. The lowest BCUT2D eigenvalue weighted by Gasteiger charge is -2.09. The van der Waals surface area contributed by atoms with Crippen LogP contribution in [0.4, 0.5) is 0 Å². The van der Waals surface area contributed by atoms with Gasteiger partial charge in [-0.1, -0.05) is 40.9 Å². The topological polar surface area (TPSA) is 120 Å². The van der Waals surface area contributed by atoms with Crippen molar-refractivity contribution in [2.24, 2.45) is 10.3 Å². The largest absolute Gasteiger partial charge is 0.238 e. The second kappa shape index (κ2) is 5.57. The molecule has 0 aromatic heterocycles. The highest BCUT2D eigenvalue weighted by Crippen LogP contribution is 2.33. The molecule has 106 valence electrons. The Morgan fingerprint density at radius 2 is 1.47 bits per heavy atom. The van der Waals surface area contributed by atoms with Crippen molar-refractivity contribution in [2.45, 2.75) is 9.79 Å². The normalized spacial score (nSPS) is 12.3. The van der Waals surface area contributed by atoms with Gasteiger partial charge in [-0.2, -0.15) is 0 Å². The molecule has 0 atom stereocenters. The Balaban J connectivity index is 3.76. The van der Waals surface area contributed by atoms with E-state index < -0.39 is 34.3 Å². The molecule has 0 aliphatic carbocycles. The molecule has 0 fully saturated rings. The highest BCUT2D eigenvalue weighted by Gasteiger charge is 2.21. The number of hydrogen-bond donors (Lipinski definition) is 2. The van der Waals surface area contributed by atoms with E-state index in [0.29, 0.717) is 0 Å². The first-order valence-electron chi connectivity index (χ1n) is 4.35. The number of primary sulfonamides is 2. The fraction of sp³-hybridized carbons (Fsp3) is 0. The Morgan fingerprint density at radius 3 is 1.84 bits per heavy atom. The summed E-state index contributed by atoms with van der Waals surface area (Å²) in [6, 6.07) is 2.92. The summed E-state index contributed by atoms with van der Waals surface area (Å²) in [5.74, 6) is 0. The molecule has 0 aliphatic rings. The van der Waals surface area contributed by atoms with Gasteiger partial charge in [0.15, 0.2) is 0 Å². The molecule has 1 rings (SSSR count). The zero-order valence-electron chi connectivity index (χ0n) is 8.97. The molecule has 4 N–H and O–H groups in total. The zero-order chi connectivity index (χ0) is 15.0. The first-order valence-corrected chi connectivity index (χ1v) is 8.58. The van der Waals surface area contributed by atoms with Gasteiger partial charge in [0, 0.05) is 5.56 Å². The summed E-state index contributed by atoms with van der Waals surface area (Å²) in [7, 11) is -8.34. The van der Waals surface area contributed by atoms with Crippen LogP contribution in [0.1, 0.15) is 5.56 Å². The number of hydrogen-bond acceptors (Lipinski definition) is 4. The van der Waals surface area contributed by atoms with Crippen molar-refractivity contribution in [2.75, 3.05) is 0 Å². The molecular weight excluding hydrogens is 359 g/mol. The monoisotopic (exact) mass is 364 g/mol. The maximum Gasteiger partial charge on any atom is 0.238 e. The lowest BCUT2D eigenvalue weighted by molar-refractivity contribution is 0.596. The summed E-state index contributed by atoms with van der Waals surface area (Å²) < 4.78 is 44.8. The summed E-state index contributed by atoms with van der Waals surface area (Å²) in [5.41, 5.74) is -0.128. The van der Waals surface area contributed by atoms with E-state index >= 15 is 0 Å². The van der Waals surface area contributed by atoms with Crippen LogP contribution >= 0.6 is 34.8 Å². The molecule has 0 bridgehead atoms. The van der Waals surface area contributed by atoms with E-state index in [4.69, 9.17) is 45.1 Å². The molecule has 0 unspecified atom stereocenters. The van der Waals surface area contributed by atoms with E-state index in [2.05, 4.69) is 0 Å². The standard InChI is InChI=1S/C8H7Cl3N2O4S2/c9-7(8(10)11)5-2-1-4(18(12,14)15)3-6(5)19(13,16)17/h1-3H,(H2,12,14,15)(H2,13,16,17). The SMILES string of the molecule is NS(=O)(=O)c1ccc(C(Cl)=C(Cl)Cl)c(S(N)(=O)=O)c1. The quantitative estimate of drug-likeness (QED) is 0.839. The maximum absolute atomic E-state index is 11.4. The Morgan fingerprint density at radius 1 is 0.947 bits per heavy atom. The van der Waals surface area contributed by atoms with Gasteiger partial charge >= 0.3 is 0 Å². The van der Waals surface area contributed by atoms with Crippen molar-refractivity contribution in [3.63, 3.8) is 0 Å².